The number of amides is 1. The molecule has 22 heavy (non-hydrogen) atoms. The number of nitrogens with one attached hydrogen (secondary N) is 2. The van der Waals surface area contributed by atoms with E-state index in [0.29, 0.717) is 28.2 Å². The molecule has 0 unspecified atom stereocenters. The number of hydrogen-bond donors (Lipinski definition) is 2. The van der Waals surface area contributed by atoms with Gasteiger partial charge in [-0.2, -0.15) is 5.10 Å². The van der Waals surface area contributed by atoms with E-state index in [9.17, 15) is 9.18 Å². The summed E-state index contributed by atoms with van der Waals surface area (Å²) in [5, 5.41) is 7.32. The van der Waals surface area contributed by atoms with Gasteiger partial charge >= 0.3 is 0 Å². The fraction of sp³-hybridized carbons (Fsp3) is 0.200. The Kier molecular flexibility index (Phi) is 3.32. The zero-order valence-electron chi connectivity index (χ0n) is 12.4. The molecule has 1 aromatic carbocycles. The van der Waals surface area contributed by atoms with Crippen molar-refractivity contribution in [2.75, 3.05) is 12.4 Å². The number of rotatable bonds is 3. The van der Waals surface area contributed by atoms with Crippen LogP contribution in [0.4, 0.5) is 10.1 Å². The molecule has 114 valence electrons. The normalized spacial score (nSPS) is 10.9. The third kappa shape index (κ3) is 2.20. The minimum absolute atomic E-state index is 0.269. The number of fused-ring (bicyclic) bond motifs is 1. The Morgan fingerprint density at radius 1 is 1.45 bits per heavy atom. The third-order valence-electron chi connectivity index (χ3n) is 3.46. The lowest BCUT2D eigenvalue weighted by Crippen LogP contribution is -2.13. The summed E-state index contributed by atoms with van der Waals surface area (Å²) in [5.74, 6) is -0.305. The summed E-state index contributed by atoms with van der Waals surface area (Å²) in [6, 6.07) is 6.14. The molecule has 2 aromatic heterocycles. The summed E-state index contributed by atoms with van der Waals surface area (Å²) in [7, 11) is 3.23. The van der Waals surface area contributed by atoms with E-state index in [1.807, 2.05) is 0 Å². The van der Waals surface area contributed by atoms with Crippen molar-refractivity contribution in [2.24, 2.45) is 7.05 Å². The van der Waals surface area contributed by atoms with Crippen LogP contribution in [0.5, 0.6) is 5.88 Å². The largest absolute Gasteiger partial charge is 0.480 e. The van der Waals surface area contributed by atoms with Crippen molar-refractivity contribution in [1.29, 1.82) is 0 Å². The van der Waals surface area contributed by atoms with E-state index in [2.05, 4.69) is 15.4 Å². The summed E-state index contributed by atoms with van der Waals surface area (Å²) >= 11 is 0. The summed E-state index contributed by atoms with van der Waals surface area (Å²) < 4.78 is 20.5. The highest BCUT2D eigenvalue weighted by Crippen LogP contribution is 2.28. The molecule has 0 radical (unpaired) electrons. The number of benzene rings is 1. The molecule has 6 nitrogen and oxygen atoms in total. The number of carbonyl (C=O) groups excluding carboxylic acids is 1. The van der Waals surface area contributed by atoms with E-state index in [1.165, 1.54) is 23.9 Å². The molecule has 0 spiro atoms. The second kappa shape index (κ2) is 5.18. The predicted molar refractivity (Wildman–Crippen MR) is 80.7 cm³/mol. The fourth-order valence-electron chi connectivity index (χ4n) is 2.44. The van der Waals surface area contributed by atoms with Crippen LogP contribution in [0.1, 0.15) is 16.2 Å². The molecule has 0 aliphatic heterocycles. The van der Waals surface area contributed by atoms with Crippen LogP contribution in [0.15, 0.2) is 24.3 Å². The number of carbonyl (C=O) groups is 1. The second-order valence-corrected chi connectivity index (χ2v) is 4.93. The molecular weight excluding hydrogens is 287 g/mol. The standard InChI is InChI=1S/C15H15FN4O2/c1-8-13(15(22-3)20(2)19-8)18-14(21)12-7-9-10(16)5-4-6-11(9)17-12/h4-7,17H,1-3H3,(H,18,21). The average molecular weight is 302 g/mol. The lowest BCUT2D eigenvalue weighted by atomic mass is 10.2. The molecule has 3 aromatic rings. The Labute approximate surface area is 125 Å². The molecule has 0 saturated carbocycles. The molecule has 0 bridgehead atoms. The van der Waals surface area contributed by atoms with Gasteiger partial charge in [0.25, 0.3) is 5.91 Å². The number of halogens is 1. The van der Waals surface area contributed by atoms with E-state index in [4.69, 9.17) is 4.74 Å². The Morgan fingerprint density at radius 3 is 2.91 bits per heavy atom. The quantitative estimate of drug-likeness (QED) is 0.781. The summed E-state index contributed by atoms with van der Waals surface area (Å²) in [5.41, 5.74) is 1.97. The first-order valence-corrected chi connectivity index (χ1v) is 6.67. The number of aromatic amines is 1. The van der Waals surface area contributed by atoms with E-state index >= 15 is 0 Å². The van der Waals surface area contributed by atoms with E-state index in [-0.39, 0.29) is 17.4 Å². The Balaban J connectivity index is 1.95. The van der Waals surface area contributed by atoms with E-state index in [1.54, 1.807) is 26.1 Å². The maximum absolute atomic E-state index is 13.7. The van der Waals surface area contributed by atoms with Crippen LogP contribution < -0.4 is 10.1 Å². The van der Waals surface area contributed by atoms with Gasteiger partial charge in [-0.3, -0.25) is 4.79 Å². The Bertz CT molecular complexity index is 866. The van der Waals surface area contributed by atoms with Gasteiger partial charge in [-0.15, -0.1) is 0 Å². The molecule has 0 atom stereocenters. The van der Waals surface area contributed by atoms with Gasteiger partial charge in [0.05, 0.1) is 12.8 Å². The summed E-state index contributed by atoms with van der Waals surface area (Å²) in [6.45, 7) is 1.77. The van der Waals surface area contributed by atoms with Crippen LogP contribution in [-0.2, 0) is 7.05 Å². The van der Waals surface area contributed by atoms with Gasteiger partial charge in [-0.25, -0.2) is 9.07 Å². The average Bonchev–Trinajstić information content (AvgIpc) is 3.02. The molecule has 3 rings (SSSR count). The lowest BCUT2D eigenvalue weighted by Gasteiger charge is -2.06. The first kappa shape index (κ1) is 14.1. The van der Waals surface area contributed by atoms with Crippen molar-refractivity contribution < 1.29 is 13.9 Å². The summed E-state index contributed by atoms with van der Waals surface area (Å²) in [6.07, 6.45) is 0. The zero-order valence-corrected chi connectivity index (χ0v) is 12.4. The summed E-state index contributed by atoms with van der Waals surface area (Å²) in [4.78, 5) is 15.3. The fourth-order valence-corrected chi connectivity index (χ4v) is 2.44. The van der Waals surface area contributed by atoms with E-state index < -0.39 is 0 Å². The maximum Gasteiger partial charge on any atom is 0.272 e. The number of methoxy groups -OCH3 is 1. The number of anilines is 1. The highest BCUT2D eigenvalue weighted by atomic mass is 19.1. The molecular formula is C15H15FN4O2. The lowest BCUT2D eigenvalue weighted by molar-refractivity contribution is 0.102. The molecule has 2 heterocycles. The second-order valence-electron chi connectivity index (χ2n) is 4.93. The van der Waals surface area contributed by atoms with Gasteiger partial charge in [0.1, 0.15) is 17.2 Å². The minimum atomic E-state index is -0.384. The molecule has 0 saturated heterocycles. The van der Waals surface area contributed by atoms with Gasteiger partial charge < -0.3 is 15.0 Å². The van der Waals surface area contributed by atoms with Crippen LogP contribution in [0.2, 0.25) is 0 Å². The molecule has 1 amide bonds. The molecule has 7 heteroatoms. The molecule has 0 fully saturated rings. The van der Waals surface area contributed by atoms with Crippen LogP contribution in [0.25, 0.3) is 10.9 Å². The first-order chi connectivity index (χ1) is 10.5. The van der Waals surface area contributed by atoms with Crippen molar-refractivity contribution >= 4 is 22.5 Å². The third-order valence-corrected chi connectivity index (χ3v) is 3.46. The predicted octanol–water partition coefficient (Wildman–Crippen LogP) is 2.61. The number of aryl methyl sites for hydroxylation is 2. The topological polar surface area (TPSA) is 71.9 Å². The van der Waals surface area contributed by atoms with Crippen LogP contribution in [0, 0.1) is 12.7 Å². The number of H-pyrrole nitrogens is 1. The number of ether oxygens (including phenoxy) is 1. The Morgan fingerprint density at radius 2 is 2.23 bits per heavy atom. The van der Waals surface area contributed by atoms with Crippen LogP contribution >= 0.6 is 0 Å². The van der Waals surface area contributed by atoms with Crippen LogP contribution in [-0.4, -0.2) is 27.8 Å². The number of hydrogen-bond acceptors (Lipinski definition) is 3. The number of nitrogens with zero attached hydrogens (tertiary/aromatic N) is 2. The van der Waals surface area contributed by atoms with Crippen molar-refractivity contribution in [3.63, 3.8) is 0 Å². The van der Waals surface area contributed by atoms with Crippen molar-refractivity contribution in [3.05, 3.63) is 41.5 Å². The minimum Gasteiger partial charge on any atom is -0.480 e. The molecule has 0 aliphatic rings. The monoisotopic (exact) mass is 302 g/mol. The molecule has 0 aliphatic carbocycles. The SMILES string of the molecule is COc1c(NC(=O)c2cc3c(F)cccc3[nH]2)c(C)nn1C. The first-order valence-electron chi connectivity index (χ1n) is 6.67. The highest BCUT2D eigenvalue weighted by molar-refractivity contribution is 6.06. The van der Waals surface area contributed by atoms with Gasteiger partial charge in [0.15, 0.2) is 0 Å². The van der Waals surface area contributed by atoms with Gasteiger partial charge in [0, 0.05) is 18.0 Å². The Hall–Kier alpha value is -2.83. The maximum atomic E-state index is 13.7. The van der Waals surface area contributed by atoms with Gasteiger partial charge in [-0.1, -0.05) is 6.07 Å². The van der Waals surface area contributed by atoms with Crippen molar-refractivity contribution in [2.45, 2.75) is 6.92 Å². The van der Waals surface area contributed by atoms with Gasteiger partial charge in [0.2, 0.25) is 5.88 Å². The number of aromatic nitrogens is 3. The zero-order chi connectivity index (χ0) is 15.9. The van der Waals surface area contributed by atoms with Gasteiger partial charge in [-0.05, 0) is 25.1 Å². The molecule has 2 N–H and O–H groups in total. The van der Waals surface area contributed by atoms with Crippen LogP contribution in [0.3, 0.4) is 0 Å². The van der Waals surface area contributed by atoms with Crippen molar-refractivity contribution in [1.82, 2.24) is 14.8 Å². The highest BCUT2D eigenvalue weighted by Gasteiger charge is 2.18. The smallest absolute Gasteiger partial charge is 0.272 e. The van der Waals surface area contributed by atoms with E-state index in [0.717, 1.165) is 0 Å². The van der Waals surface area contributed by atoms with Crippen molar-refractivity contribution in [3.8, 4) is 5.88 Å².